The van der Waals surface area contributed by atoms with Crippen LogP contribution < -0.4 is 11.1 Å². The summed E-state index contributed by atoms with van der Waals surface area (Å²) in [7, 11) is 0. The van der Waals surface area contributed by atoms with Crippen LogP contribution in [0.15, 0.2) is 18.2 Å². The number of anilines is 1. The Labute approximate surface area is 117 Å². The molecule has 1 aromatic carbocycles. The van der Waals surface area contributed by atoms with E-state index >= 15 is 0 Å². The lowest BCUT2D eigenvalue weighted by molar-refractivity contribution is 0.626. The Kier molecular flexibility index (Phi) is 4.12. The van der Waals surface area contributed by atoms with Crippen LogP contribution in [0.25, 0.3) is 0 Å². The molecule has 1 saturated heterocycles. The third-order valence-corrected chi connectivity index (χ3v) is 4.96. The van der Waals surface area contributed by atoms with Gasteiger partial charge in [-0.25, -0.2) is 4.39 Å². The highest BCUT2D eigenvalue weighted by Gasteiger charge is 2.29. The molecule has 5 heteroatoms. The molecule has 0 spiro atoms. The largest absolute Gasteiger partial charge is 0.389 e. The van der Waals surface area contributed by atoms with Gasteiger partial charge in [0.1, 0.15) is 10.8 Å². The molecule has 98 valence electrons. The van der Waals surface area contributed by atoms with Crippen LogP contribution >= 0.6 is 24.0 Å². The lowest BCUT2D eigenvalue weighted by atomic mass is 10.1. The van der Waals surface area contributed by atoms with Gasteiger partial charge in [0, 0.05) is 22.5 Å². The Hall–Kier alpha value is -0.810. The Balaban J connectivity index is 2.11. The van der Waals surface area contributed by atoms with Crippen LogP contribution in [-0.4, -0.2) is 22.0 Å². The standard InChI is InChI=1S/C13H17FN2S2/c1-13(5-2-6-18-13)8-16-11-4-3-9(14)7-10(11)12(15)17/h3-4,7,16H,2,5-6,8H2,1H3,(H2,15,17). The number of halogens is 1. The van der Waals surface area contributed by atoms with Gasteiger partial charge in [-0.1, -0.05) is 12.2 Å². The highest BCUT2D eigenvalue weighted by molar-refractivity contribution is 8.00. The summed E-state index contributed by atoms with van der Waals surface area (Å²) in [5, 5.41) is 3.35. The lowest BCUT2D eigenvalue weighted by Gasteiger charge is -2.24. The maximum atomic E-state index is 13.2. The molecule has 0 bridgehead atoms. The first-order valence-electron chi connectivity index (χ1n) is 5.97. The molecule has 18 heavy (non-hydrogen) atoms. The molecule has 0 aromatic heterocycles. The van der Waals surface area contributed by atoms with Gasteiger partial charge in [0.05, 0.1) is 0 Å². The normalized spacial score (nSPS) is 23.0. The van der Waals surface area contributed by atoms with Crippen molar-refractivity contribution in [2.45, 2.75) is 24.5 Å². The Morgan fingerprint density at radius 2 is 2.39 bits per heavy atom. The van der Waals surface area contributed by atoms with Crippen molar-refractivity contribution in [2.75, 3.05) is 17.6 Å². The Morgan fingerprint density at radius 1 is 1.61 bits per heavy atom. The van der Waals surface area contributed by atoms with Gasteiger partial charge in [0.15, 0.2) is 0 Å². The average molecular weight is 284 g/mol. The van der Waals surface area contributed by atoms with E-state index in [9.17, 15) is 4.39 Å². The summed E-state index contributed by atoms with van der Waals surface area (Å²) in [5.41, 5.74) is 7.02. The number of thioether (sulfide) groups is 1. The van der Waals surface area contributed by atoms with Crippen molar-refractivity contribution in [1.29, 1.82) is 0 Å². The summed E-state index contributed by atoms with van der Waals surface area (Å²) < 4.78 is 13.4. The summed E-state index contributed by atoms with van der Waals surface area (Å²) >= 11 is 6.93. The minimum absolute atomic E-state index is 0.223. The van der Waals surface area contributed by atoms with E-state index in [0.717, 1.165) is 12.2 Å². The maximum absolute atomic E-state index is 13.2. The minimum Gasteiger partial charge on any atom is -0.389 e. The molecule has 1 aromatic rings. The topological polar surface area (TPSA) is 38.0 Å². The van der Waals surface area contributed by atoms with Gasteiger partial charge in [0.25, 0.3) is 0 Å². The van der Waals surface area contributed by atoms with Crippen molar-refractivity contribution < 1.29 is 4.39 Å². The molecule has 3 N–H and O–H groups in total. The summed E-state index contributed by atoms with van der Waals surface area (Å²) in [5.74, 6) is 0.897. The number of thiocarbonyl (C=S) groups is 1. The molecule has 1 aliphatic heterocycles. The molecule has 0 amide bonds. The number of hydrogen-bond acceptors (Lipinski definition) is 3. The van der Waals surface area contributed by atoms with E-state index in [-0.39, 0.29) is 15.6 Å². The van der Waals surface area contributed by atoms with Crippen molar-refractivity contribution in [1.82, 2.24) is 0 Å². The van der Waals surface area contributed by atoms with Crippen LogP contribution in [-0.2, 0) is 0 Å². The van der Waals surface area contributed by atoms with E-state index in [4.69, 9.17) is 18.0 Å². The number of nitrogens with one attached hydrogen (secondary N) is 1. The van der Waals surface area contributed by atoms with Crippen LogP contribution in [0.1, 0.15) is 25.3 Å². The highest BCUT2D eigenvalue weighted by Crippen LogP contribution is 2.37. The molecule has 2 rings (SSSR count). The Bertz CT molecular complexity index is 456. The zero-order valence-electron chi connectivity index (χ0n) is 10.3. The number of nitrogens with two attached hydrogens (primary N) is 1. The first kappa shape index (κ1) is 13.6. The molecular weight excluding hydrogens is 267 g/mol. The zero-order chi connectivity index (χ0) is 13.2. The van der Waals surface area contributed by atoms with Gasteiger partial charge in [-0.3, -0.25) is 0 Å². The molecule has 1 atom stereocenters. The molecular formula is C13H17FN2S2. The van der Waals surface area contributed by atoms with Gasteiger partial charge in [0.2, 0.25) is 0 Å². The van der Waals surface area contributed by atoms with Crippen molar-refractivity contribution >= 4 is 34.7 Å². The predicted octanol–water partition coefficient (Wildman–Crippen LogP) is 3.16. The van der Waals surface area contributed by atoms with Crippen molar-refractivity contribution in [2.24, 2.45) is 5.73 Å². The second-order valence-corrected chi connectivity index (χ2v) is 6.93. The van der Waals surface area contributed by atoms with Crippen LogP contribution in [0.4, 0.5) is 10.1 Å². The number of hydrogen-bond donors (Lipinski definition) is 2. The third kappa shape index (κ3) is 3.14. The van der Waals surface area contributed by atoms with E-state index in [0.29, 0.717) is 5.56 Å². The fraction of sp³-hybridized carbons (Fsp3) is 0.462. The minimum atomic E-state index is -0.315. The Morgan fingerprint density at radius 3 is 3.00 bits per heavy atom. The SMILES string of the molecule is CC1(CNc2ccc(F)cc2C(N)=S)CCCS1. The second-order valence-electron chi connectivity index (χ2n) is 4.81. The predicted molar refractivity (Wildman–Crippen MR) is 80.9 cm³/mol. The summed E-state index contributed by atoms with van der Waals surface area (Å²) in [6.45, 7) is 3.10. The average Bonchev–Trinajstić information content (AvgIpc) is 2.75. The third-order valence-electron chi connectivity index (χ3n) is 3.20. The van der Waals surface area contributed by atoms with E-state index < -0.39 is 0 Å². The molecule has 1 heterocycles. The maximum Gasteiger partial charge on any atom is 0.124 e. The van der Waals surface area contributed by atoms with Crippen LogP contribution in [0.2, 0.25) is 0 Å². The summed E-state index contributed by atoms with van der Waals surface area (Å²) in [6, 6.07) is 4.51. The summed E-state index contributed by atoms with van der Waals surface area (Å²) in [4.78, 5) is 0.223. The van der Waals surface area contributed by atoms with Crippen LogP contribution in [0.3, 0.4) is 0 Å². The number of benzene rings is 1. The molecule has 2 nitrogen and oxygen atoms in total. The zero-order valence-corrected chi connectivity index (χ0v) is 12.0. The van der Waals surface area contributed by atoms with Gasteiger partial charge < -0.3 is 11.1 Å². The van der Waals surface area contributed by atoms with Crippen molar-refractivity contribution in [3.05, 3.63) is 29.6 Å². The number of rotatable bonds is 4. The molecule has 0 radical (unpaired) electrons. The first-order valence-corrected chi connectivity index (χ1v) is 7.37. The quantitative estimate of drug-likeness (QED) is 0.833. The molecule has 0 aliphatic carbocycles. The fourth-order valence-corrected chi connectivity index (χ4v) is 3.55. The smallest absolute Gasteiger partial charge is 0.124 e. The highest BCUT2D eigenvalue weighted by atomic mass is 32.2. The van der Waals surface area contributed by atoms with E-state index in [2.05, 4.69) is 12.2 Å². The molecule has 1 unspecified atom stereocenters. The van der Waals surface area contributed by atoms with Gasteiger partial charge in [-0.05, 0) is 43.7 Å². The second kappa shape index (κ2) is 5.45. The van der Waals surface area contributed by atoms with Gasteiger partial charge in [-0.15, -0.1) is 0 Å². The monoisotopic (exact) mass is 284 g/mol. The summed E-state index contributed by atoms with van der Waals surface area (Å²) in [6.07, 6.45) is 2.46. The van der Waals surface area contributed by atoms with Crippen LogP contribution in [0, 0.1) is 5.82 Å². The van der Waals surface area contributed by atoms with E-state index in [1.54, 1.807) is 6.07 Å². The molecule has 1 aliphatic rings. The fourth-order valence-electron chi connectivity index (χ4n) is 2.13. The van der Waals surface area contributed by atoms with E-state index in [1.165, 1.54) is 30.7 Å². The van der Waals surface area contributed by atoms with Gasteiger partial charge in [-0.2, -0.15) is 11.8 Å². The van der Waals surface area contributed by atoms with Crippen LogP contribution in [0.5, 0.6) is 0 Å². The lowest BCUT2D eigenvalue weighted by Crippen LogP contribution is -2.28. The van der Waals surface area contributed by atoms with Crippen molar-refractivity contribution in [3.8, 4) is 0 Å². The first-order chi connectivity index (χ1) is 8.50. The van der Waals surface area contributed by atoms with Crippen molar-refractivity contribution in [3.63, 3.8) is 0 Å². The molecule has 1 fully saturated rings. The van der Waals surface area contributed by atoms with E-state index in [1.807, 2.05) is 11.8 Å². The van der Waals surface area contributed by atoms with Gasteiger partial charge >= 0.3 is 0 Å². The molecule has 0 saturated carbocycles.